The highest BCUT2D eigenvalue weighted by Gasteiger charge is 2.18. The van der Waals surface area contributed by atoms with Gasteiger partial charge in [0.2, 0.25) is 0 Å². The molecule has 0 fully saturated rings. The lowest BCUT2D eigenvalue weighted by Gasteiger charge is -2.23. The number of nitrogens with one attached hydrogen (secondary N) is 1. The Morgan fingerprint density at radius 2 is 1.84 bits per heavy atom. The summed E-state index contributed by atoms with van der Waals surface area (Å²) in [5.74, 6) is 1.03. The van der Waals surface area contributed by atoms with Gasteiger partial charge in [0.25, 0.3) is 5.91 Å². The summed E-state index contributed by atoms with van der Waals surface area (Å²) < 4.78 is 11.4. The van der Waals surface area contributed by atoms with Crippen LogP contribution in [0.1, 0.15) is 20.8 Å². The van der Waals surface area contributed by atoms with Crippen molar-refractivity contribution in [3.8, 4) is 11.5 Å². The molecule has 0 radical (unpaired) electrons. The van der Waals surface area contributed by atoms with Crippen LogP contribution in [0.5, 0.6) is 11.5 Å². The zero-order chi connectivity index (χ0) is 22.1. The summed E-state index contributed by atoms with van der Waals surface area (Å²) in [5.41, 5.74) is 1.90. The number of benzene rings is 2. The highest BCUT2D eigenvalue weighted by molar-refractivity contribution is 7.12. The maximum atomic E-state index is 12.9. The molecule has 0 spiro atoms. The molecule has 0 aliphatic rings. The molecule has 2 N–H and O–H groups in total. The minimum atomic E-state index is -1.12. The summed E-state index contributed by atoms with van der Waals surface area (Å²) in [5, 5.41) is 13.0. The van der Waals surface area contributed by atoms with Crippen molar-refractivity contribution in [1.29, 1.82) is 0 Å². The Kier molecular flexibility index (Phi) is 7.89. The number of nitrogens with zero attached hydrogens (tertiary/aromatic N) is 1. The monoisotopic (exact) mass is 440 g/mol. The Labute approximate surface area is 184 Å². The lowest BCUT2D eigenvalue weighted by Crippen LogP contribution is -2.37. The van der Waals surface area contributed by atoms with Gasteiger partial charge in [0.1, 0.15) is 6.61 Å². The molecule has 1 aromatic heterocycles. The Morgan fingerprint density at radius 1 is 1.03 bits per heavy atom. The SMILES string of the molecule is COc1cc(CN(CCNC(=O)O)C(=O)c2cccs2)ccc1OCc1ccccc1. The first-order valence-corrected chi connectivity index (χ1v) is 10.6. The standard InChI is InChI=1S/C23H24N2O5S/c1-29-20-14-18(9-10-19(20)30-16-17-6-3-2-4-7-17)15-25(12-11-24-23(27)28)22(26)21-8-5-13-31-21/h2-10,13-14,24H,11-12,15-16H2,1H3,(H,27,28). The number of carboxylic acid groups (broad SMARTS) is 1. The van der Waals surface area contributed by atoms with Gasteiger partial charge in [-0.2, -0.15) is 0 Å². The van der Waals surface area contributed by atoms with E-state index < -0.39 is 6.09 Å². The molecular weight excluding hydrogens is 416 g/mol. The number of hydrogen-bond donors (Lipinski definition) is 2. The van der Waals surface area contributed by atoms with E-state index in [1.807, 2.05) is 60.0 Å². The zero-order valence-electron chi connectivity index (χ0n) is 17.1. The van der Waals surface area contributed by atoms with Crippen molar-refractivity contribution >= 4 is 23.3 Å². The molecule has 2 aromatic carbocycles. The maximum absolute atomic E-state index is 12.9. The summed E-state index contributed by atoms with van der Waals surface area (Å²) in [4.78, 5) is 25.9. The van der Waals surface area contributed by atoms with E-state index in [1.165, 1.54) is 11.3 Å². The molecule has 8 heteroatoms. The van der Waals surface area contributed by atoms with Crippen molar-refractivity contribution in [3.05, 3.63) is 82.0 Å². The van der Waals surface area contributed by atoms with Gasteiger partial charge in [-0.3, -0.25) is 4.79 Å². The smallest absolute Gasteiger partial charge is 0.404 e. The van der Waals surface area contributed by atoms with Crippen LogP contribution in [0, 0.1) is 0 Å². The van der Waals surface area contributed by atoms with Crippen molar-refractivity contribution in [1.82, 2.24) is 10.2 Å². The number of thiophene rings is 1. The Hall–Kier alpha value is -3.52. The van der Waals surface area contributed by atoms with Gasteiger partial charge in [-0.25, -0.2) is 4.79 Å². The Morgan fingerprint density at radius 3 is 2.52 bits per heavy atom. The van der Waals surface area contributed by atoms with Crippen LogP contribution in [0.2, 0.25) is 0 Å². The summed E-state index contributed by atoms with van der Waals surface area (Å²) in [6.45, 7) is 1.12. The predicted octanol–water partition coefficient (Wildman–Crippen LogP) is 4.25. The number of methoxy groups -OCH3 is 1. The zero-order valence-corrected chi connectivity index (χ0v) is 17.9. The molecule has 1 heterocycles. The second-order valence-corrected chi connectivity index (χ2v) is 7.64. The molecule has 0 saturated heterocycles. The number of ether oxygens (including phenoxy) is 2. The van der Waals surface area contributed by atoms with Crippen LogP contribution in [-0.2, 0) is 13.2 Å². The highest BCUT2D eigenvalue weighted by atomic mass is 32.1. The molecule has 3 aromatic rings. The average molecular weight is 441 g/mol. The van der Waals surface area contributed by atoms with Crippen molar-refractivity contribution in [2.45, 2.75) is 13.2 Å². The van der Waals surface area contributed by atoms with Gasteiger partial charge < -0.3 is 24.8 Å². The molecular formula is C23H24N2O5S. The van der Waals surface area contributed by atoms with Crippen LogP contribution in [0.3, 0.4) is 0 Å². The molecule has 0 saturated carbocycles. The van der Waals surface area contributed by atoms with E-state index in [1.54, 1.807) is 18.1 Å². The molecule has 0 unspecified atom stereocenters. The minimum Gasteiger partial charge on any atom is -0.493 e. The molecule has 162 valence electrons. The molecule has 0 bridgehead atoms. The van der Waals surface area contributed by atoms with Crippen molar-refractivity contribution in [2.75, 3.05) is 20.2 Å². The second-order valence-electron chi connectivity index (χ2n) is 6.70. The number of hydrogen-bond acceptors (Lipinski definition) is 5. The summed E-state index contributed by atoms with van der Waals surface area (Å²) in [7, 11) is 1.57. The van der Waals surface area contributed by atoms with Crippen molar-refractivity contribution < 1.29 is 24.2 Å². The molecule has 3 rings (SSSR count). The number of rotatable bonds is 10. The molecule has 0 aliphatic heterocycles. The highest BCUT2D eigenvalue weighted by Crippen LogP contribution is 2.29. The molecule has 2 amide bonds. The van der Waals surface area contributed by atoms with Crippen LogP contribution >= 0.6 is 11.3 Å². The fourth-order valence-corrected chi connectivity index (χ4v) is 3.68. The van der Waals surface area contributed by atoms with Gasteiger partial charge in [-0.15, -0.1) is 11.3 Å². The molecule has 31 heavy (non-hydrogen) atoms. The fourth-order valence-electron chi connectivity index (χ4n) is 2.99. The van der Waals surface area contributed by atoms with E-state index in [2.05, 4.69) is 5.32 Å². The third-order valence-electron chi connectivity index (χ3n) is 4.52. The van der Waals surface area contributed by atoms with Crippen LogP contribution in [0.15, 0.2) is 66.0 Å². The van der Waals surface area contributed by atoms with Gasteiger partial charge >= 0.3 is 6.09 Å². The maximum Gasteiger partial charge on any atom is 0.404 e. The quantitative estimate of drug-likeness (QED) is 0.492. The third-order valence-corrected chi connectivity index (χ3v) is 5.37. The van der Waals surface area contributed by atoms with Gasteiger partial charge in [-0.05, 0) is 34.7 Å². The van der Waals surface area contributed by atoms with Gasteiger partial charge in [-0.1, -0.05) is 42.5 Å². The Bertz CT molecular complexity index is 992. The summed E-state index contributed by atoms with van der Waals surface area (Å²) in [6.07, 6.45) is -1.12. The number of carbonyl (C=O) groups is 2. The van der Waals surface area contributed by atoms with Crippen LogP contribution < -0.4 is 14.8 Å². The molecule has 7 nitrogen and oxygen atoms in total. The van der Waals surface area contributed by atoms with Crippen LogP contribution in [0.4, 0.5) is 4.79 Å². The predicted molar refractivity (Wildman–Crippen MR) is 119 cm³/mol. The normalized spacial score (nSPS) is 10.4. The van der Waals surface area contributed by atoms with Gasteiger partial charge in [0.15, 0.2) is 11.5 Å². The minimum absolute atomic E-state index is 0.141. The number of amides is 2. The van der Waals surface area contributed by atoms with E-state index in [0.717, 1.165) is 11.1 Å². The number of carbonyl (C=O) groups excluding carboxylic acids is 1. The third kappa shape index (κ3) is 6.48. The lowest BCUT2D eigenvalue weighted by molar-refractivity contribution is 0.0748. The van der Waals surface area contributed by atoms with E-state index in [0.29, 0.717) is 29.5 Å². The first-order valence-electron chi connectivity index (χ1n) is 9.70. The van der Waals surface area contributed by atoms with Gasteiger partial charge in [0.05, 0.1) is 12.0 Å². The largest absolute Gasteiger partial charge is 0.493 e. The molecule has 0 atom stereocenters. The van der Waals surface area contributed by atoms with E-state index >= 15 is 0 Å². The van der Waals surface area contributed by atoms with Crippen LogP contribution in [0.25, 0.3) is 0 Å². The first kappa shape index (κ1) is 22.2. The van der Waals surface area contributed by atoms with Crippen molar-refractivity contribution in [3.63, 3.8) is 0 Å². The molecule has 0 aliphatic carbocycles. The lowest BCUT2D eigenvalue weighted by atomic mass is 10.1. The second kappa shape index (κ2) is 11.0. The van der Waals surface area contributed by atoms with Crippen LogP contribution in [-0.4, -0.2) is 42.2 Å². The average Bonchev–Trinajstić information content (AvgIpc) is 3.32. The van der Waals surface area contributed by atoms with Crippen molar-refractivity contribution in [2.24, 2.45) is 0 Å². The van der Waals surface area contributed by atoms with E-state index in [-0.39, 0.29) is 19.0 Å². The topological polar surface area (TPSA) is 88.1 Å². The summed E-state index contributed by atoms with van der Waals surface area (Å²) in [6, 6.07) is 18.9. The Balaban J connectivity index is 1.72. The van der Waals surface area contributed by atoms with Gasteiger partial charge in [0, 0.05) is 19.6 Å². The van der Waals surface area contributed by atoms with E-state index in [9.17, 15) is 9.59 Å². The summed E-state index contributed by atoms with van der Waals surface area (Å²) >= 11 is 1.35. The fraction of sp³-hybridized carbons (Fsp3) is 0.217. The first-order chi connectivity index (χ1) is 15.1. The van der Waals surface area contributed by atoms with E-state index in [4.69, 9.17) is 14.6 Å².